The number of halogens is 1. The molecule has 0 aliphatic heterocycles. The first kappa shape index (κ1) is 17.1. The molecule has 0 aliphatic rings. The molecule has 0 bridgehead atoms. The van der Waals surface area contributed by atoms with E-state index in [0.29, 0.717) is 10.7 Å². The number of benzene rings is 1. The molecule has 2 rings (SSSR count). The molecule has 3 N–H and O–H groups in total. The van der Waals surface area contributed by atoms with Crippen LogP contribution in [0.3, 0.4) is 0 Å². The Bertz CT molecular complexity index is 733. The molecule has 0 saturated heterocycles. The highest BCUT2D eigenvalue weighted by atomic mass is 35.5. The second kappa shape index (κ2) is 6.50. The molecule has 0 spiro atoms. The summed E-state index contributed by atoms with van der Waals surface area (Å²) in [5.41, 5.74) is 0.663. The maximum absolute atomic E-state index is 11.8. The number of hydrogen-bond acceptors (Lipinski definition) is 3. The van der Waals surface area contributed by atoms with Crippen LogP contribution in [0.2, 0.25) is 5.02 Å². The third kappa shape index (κ3) is 4.39. The van der Waals surface area contributed by atoms with Gasteiger partial charge >= 0.3 is 12.1 Å². The molecule has 6 nitrogen and oxygen atoms in total. The molecule has 0 aliphatic carbocycles. The van der Waals surface area contributed by atoms with Crippen LogP contribution in [0.15, 0.2) is 24.3 Å². The normalized spacial score (nSPS) is 12.9. The largest absolute Gasteiger partial charge is 0.480 e. The van der Waals surface area contributed by atoms with E-state index >= 15 is 0 Å². The van der Waals surface area contributed by atoms with Crippen LogP contribution in [0, 0.1) is 0 Å². The average molecular weight is 339 g/mol. The number of alkyl carbamates (subject to hydrolysis) is 1. The molecular weight excluding hydrogens is 320 g/mol. The van der Waals surface area contributed by atoms with Crippen LogP contribution in [-0.4, -0.2) is 33.8 Å². The fourth-order valence-corrected chi connectivity index (χ4v) is 2.45. The van der Waals surface area contributed by atoms with Crippen molar-refractivity contribution < 1.29 is 19.4 Å². The van der Waals surface area contributed by atoms with E-state index in [4.69, 9.17) is 16.3 Å². The smallest absolute Gasteiger partial charge is 0.408 e. The zero-order valence-corrected chi connectivity index (χ0v) is 13.9. The number of carboxylic acid groups (broad SMARTS) is 1. The maximum Gasteiger partial charge on any atom is 0.408 e. The molecule has 7 heteroatoms. The maximum atomic E-state index is 11.8. The lowest BCUT2D eigenvalue weighted by Gasteiger charge is -2.21. The Labute approximate surface area is 138 Å². The van der Waals surface area contributed by atoms with Crippen LogP contribution >= 0.6 is 11.6 Å². The molecule has 2 aromatic rings. The Morgan fingerprint density at radius 2 is 2.00 bits per heavy atom. The Morgan fingerprint density at radius 1 is 1.35 bits per heavy atom. The molecule has 124 valence electrons. The van der Waals surface area contributed by atoms with Crippen LogP contribution in [0.1, 0.15) is 26.5 Å². The molecule has 1 aromatic carbocycles. The number of carbonyl (C=O) groups excluding carboxylic acids is 1. The van der Waals surface area contributed by atoms with E-state index in [-0.39, 0.29) is 6.42 Å². The Morgan fingerprint density at radius 3 is 2.57 bits per heavy atom. The quantitative estimate of drug-likeness (QED) is 0.797. The van der Waals surface area contributed by atoms with E-state index in [0.717, 1.165) is 10.9 Å². The van der Waals surface area contributed by atoms with Crippen molar-refractivity contribution in [3.8, 4) is 0 Å². The van der Waals surface area contributed by atoms with Crippen LogP contribution in [0.25, 0.3) is 10.9 Å². The third-order valence-electron chi connectivity index (χ3n) is 3.11. The molecule has 1 heterocycles. The van der Waals surface area contributed by atoms with Gasteiger partial charge in [0.25, 0.3) is 0 Å². The molecule has 1 aromatic heterocycles. The monoisotopic (exact) mass is 338 g/mol. The zero-order chi connectivity index (χ0) is 17.2. The first-order chi connectivity index (χ1) is 10.7. The summed E-state index contributed by atoms with van der Waals surface area (Å²) in [4.78, 5) is 26.3. The van der Waals surface area contributed by atoms with Gasteiger partial charge in [-0.3, -0.25) is 0 Å². The topological polar surface area (TPSA) is 91.4 Å². The molecule has 0 saturated carbocycles. The van der Waals surface area contributed by atoms with Crippen molar-refractivity contribution in [3.05, 3.63) is 35.0 Å². The van der Waals surface area contributed by atoms with E-state index in [9.17, 15) is 14.7 Å². The van der Waals surface area contributed by atoms with Gasteiger partial charge < -0.3 is 20.1 Å². The van der Waals surface area contributed by atoms with Gasteiger partial charge in [-0.25, -0.2) is 9.59 Å². The van der Waals surface area contributed by atoms with Gasteiger partial charge in [-0.15, -0.1) is 0 Å². The van der Waals surface area contributed by atoms with E-state index in [1.807, 2.05) is 24.3 Å². The number of aliphatic carboxylic acids is 1. The Kier molecular flexibility index (Phi) is 4.85. The van der Waals surface area contributed by atoms with E-state index in [2.05, 4.69) is 10.3 Å². The van der Waals surface area contributed by atoms with E-state index in [1.165, 1.54) is 0 Å². The van der Waals surface area contributed by atoms with Gasteiger partial charge in [-0.1, -0.05) is 29.8 Å². The predicted molar refractivity (Wildman–Crippen MR) is 87.8 cm³/mol. The molecule has 1 atom stereocenters. The number of aromatic amines is 1. The minimum atomic E-state index is -1.16. The van der Waals surface area contributed by atoms with Gasteiger partial charge in [0.1, 0.15) is 11.6 Å². The van der Waals surface area contributed by atoms with Crippen LogP contribution < -0.4 is 5.32 Å². The highest BCUT2D eigenvalue weighted by Crippen LogP contribution is 2.28. The number of para-hydroxylation sites is 1. The lowest BCUT2D eigenvalue weighted by Crippen LogP contribution is -2.44. The first-order valence-electron chi connectivity index (χ1n) is 7.15. The number of carboxylic acids is 1. The van der Waals surface area contributed by atoms with Gasteiger partial charge in [0.05, 0.1) is 5.02 Å². The highest BCUT2D eigenvalue weighted by molar-refractivity contribution is 6.36. The Hall–Kier alpha value is -2.21. The van der Waals surface area contributed by atoms with Crippen molar-refractivity contribution in [2.45, 2.75) is 38.8 Å². The fourth-order valence-electron chi connectivity index (χ4n) is 2.16. The number of amides is 1. The van der Waals surface area contributed by atoms with Gasteiger partial charge in [0, 0.05) is 23.0 Å². The second-order valence-corrected chi connectivity index (χ2v) is 6.58. The van der Waals surface area contributed by atoms with Crippen molar-refractivity contribution in [2.24, 2.45) is 0 Å². The Balaban J connectivity index is 2.17. The number of H-pyrrole nitrogens is 1. The van der Waals surface area contributed by atoms with Crippen LogP contribution in [-0.2, 0) is 16.0 Å². The van der Waals surface area contributed by atoms with Crippen molar-refractivity contribution in [2.75, 3.05) is 0 Å². The third-order valence-corrected chi connectivity index (χ3v) is 3.54. The van der Waals surface area contributed by atoms with Crippen molar-refractivity contribution in [3.63, 3.8) is 0 Å². The minimum Gasteiger partial charge on any atom is -0.480 e. The zero-order valence-electron chi connectivity index (χ0n) is 13.1. The van der Waals surface area contributed by atoms with Crippen LogP contribution in [0.4, 0.5) is 4.79 Å². The van der Waals surface area contributed by atoms with Crippen molar-refractivity contribution >= 4 is 34.6 Å². The number of aromatic nitrogens is 1. The van der Waals surface area contributed by atoms with Crippen molar-refractivity contribution in [1.82, 2.24) is 10.3 Å². The summed E-state index contributed by atoms with van der Waals surface area (Å²) in [6.07, 6.45) is -0.751. The summed E-state index contributed by atoms with van der Waals surface area (Å²) in [5, 5.41) is 12.9. The lowest BCUT2D eigenvalue weighted by molar-refractivity contribution is -0.139. The molecule has 0 radical (unpaired) electrons. The molecular formula is C16H19ClN2O4. The number of rotatable bonds is 4. The van der Waals surface area contributed by atoms with Crippen LogP contribution in [0.5, 0.6) is 0 Å². The predicted octanol–water partition coefficient (Wildman–Crippen LogP) is 3.34. The molecule has 0 fully saturated rings. The first-order valence-corrected chi connectivity index (χ1v) is 7.52. The molecule has 23 heavy (non-hydrogen) atoms. The van der Waals surface area contributed by atoms with Crippen molar-refractivity contribution in [1.29, 1.82) is 0 Å². The summed E-state index contributed by atoms with van der Waals surface area (Å²) < 4.78 is 5.09. The number of hydrogen-bond donors (Lipinski definition) is 3. The standard InChI is InChI=1S/C16H19ClN2O4/c1-16(2,3)23-15(22)19-12(14(20)21)8-11-13(17)9-6-4-5-7-10(9)18-11/h4-7,12,18H,8H2,1-3H3,(H,19,22)(H,20,21). The van der Waals surface area contributed by atoms with Gasteiger partial charge in [-0.05, 0) is 26.8 Å². The SMILES string of the molecule is CC(C)(C)OC(=O)NC(Cc1[nH]c2ccccc2c1Cl)C(=O)O. The highest BCUT2D eigenvalue weighted by Gasteiger charge is 2.26. The van der Waals surface area contributed by atoms with E-state index in [1.54, 1.807) is 20.8 Å². The number of nitrogens with one attached hydrogen (secondary N) is 2. The molecule has 1 unspecified atom stereocenters. The van der Waals surface area contributed by atoms with Gasteiger partial charge in [-0.2, -0.15) is 0 Å². The van der Waals surface area contributed by atoms with E-state index < -0.39 is 23.7 Å². The summed E-state index contributed by atoms with van der Waals surface area (Å²) >= 11 is 6.28. The lowest BCUT2D eigenvalue weighted by atomic mass is 10.1. The second-order valence-electron chi connectivity index (χ2n) is 6.20. The minimum absolute atomic E-state index is 0.0299. The summed E-state index contributed by atoms with van der Waals surface area (Å²) in [5.74, 6) is -1.16. The average Bonchev–Trinajstić information content (AvgIpc) is 2.73. The molecule has 1 amide bonds. The summed E-state index contributed by atoms with van der Waals surface area (Å²) in [6.45, 7) is 5.12. The van der Waals surface area contributed by atoms with Gasteiger partial charge in [0.15, 0.2) is 0 Å². The number of carbonyl (C=O) groups is 2. The van der Waals surface area contributed by atoms with Gasteiger partial charge in [0.2, 0.25) is 0 Å². The number of ether oxygens (including phenoxy) is 1. The summed E-state index contributed by atoms with van der Waals surface area (Å²) in [6, 6.07) is 6.25. The number of fused-ring (bicyclic) bond motifs is 1. The fraction of sp³-hybridized carbons (Fsp3) is 0.375. The summed E-state index contributed by atoms with van der Waals surface area (Å²) in [7, 11) is 0.